The van der Waals surface area contributed by atoms with Gasteiger partial charge in [0.25, 0.3) is 0 Å². The average Bonchev–Trinajstić information content (AvgIpc) is 3.28. The number of rotatable bonds is 3. The first-order valence-corrected chi connectivity index (χ1v) is 8.70. The van der Waals surface area contributed by atoms with Gasteiger partial charge in [-0.2, -0.15) is 0 Å². The van der Waals surface area contributed by atoms with E-state index in [1.165, 1.54) is 17.4 Å². The highest BCUT2D eigenvalue weighted by atomic mass is 16.1. The van der Waals surface area contributed by atoms with Crippen molar-refractivity contribution in [2.75, 3.05) is 29.5 Å². The van der Waals surface area contributed by atoms with Crippen LogP contribution in [-0.2, 0) is 7.05 Å². The highest BCUT2D eigenvalue weighted by molar-refractivity contribution is 5.84. The smallest absolute Gasteiger partial charge is 0.327 e. The van der Waals surface area contributed by atoms with Gasteiger partial charge in [0.15, 0.2) is 0 Å². The third kappa shape index (κ3) is 2.71. The molecular weight excluding hydrogens is 328 g/mol. The van der Waals surface area contributed by atoms with Crippen molar-refractivity contribution in [1.82, 2.24) is 14.5 Å². The van der Waals surface area contributed by atoms with Crippen LogP contribution in [0, 0.1) is 0 Å². The summed E-state index contributed by atoms with van der Waals surface area (Å²) in [5.74, 6) is 1.37. The monoisotopic (exact) mass is 350 g/mol. The lowest BCUT2D eigenvalue weighted by atomic mass is 10.0. The Balaban J connectivity index is 1.71. The summed E-state index contributed by atoms with van der Waals surface area (Å²) in [6.07, 6.45) is 4.32. The Hall–Kier alpha value is -3.22. The summed E-state index contributed by atoms with van der Waals surface area (Å²) in [5, 5.41) is 0. The van der Waals surface area contributed by atoms with Gasteiger partial charge in [-0.3, -0.25) is 4.57 Å². The van der Waals surface area contributed by atoms with E-state index in [1.807, 2.05) is 24.4 Å². The first-order valence-electron chi connectivity index (χ1n) is 8.70. The quantitative estimate of drug-likeness (QED) is 0.628. The van der Waals surface area contributed by atoms with E-state index in [2.05, 4.69) is 27.0 Å². The highest BCUT2D eigenvalue weighted by Gasteiger charge is 2.15. The molecule has 0 amide bonds. The predicted octanol–water partition coefficient (Wildman–Crippen LogP) is 2.21. The van der Waals surface area contributed by atoms with Crippen molar-refractivity contribution in [3.8, 4) is 22.4 Å². The van der Waals surface area contributed by atoms with Crippen LogP contribution in [0.5, 0.6) is 0 Å². The largest absolute Gasteiger partial charge is 0.398 e. The van der Waals surface area contributed by atoms with Crippen LogP contribution in [0.4, 0.5) is 17.3 Å². The van der Waals surface area contributed by atoms with E-state index in [0.717, 1.165) is 30.0 Å². The Kier molecular flexibility index (Phi) is 3.91. The normalized spacial score (nSPS) is 14.1. The molecule has 7 nitrogen and oxygen atoms in total. The van der Waals surface area contributed by atoms with Gasteiger partial charge in [0.2, 0.25) is 0 Å². The van der Waals surface area contributed by atoms with Crippen molar-refractivity contribution in [3.05, 3.63) is 47.0 Å². The fourth-order valence-electron chi connectivity index (χ4n) is 3.38. The van der Waals surface area contributed by atoms with Crippen LogP contribution in [0.3, 0.4) is 0 Å². The van der Waals surface area contributed by atoms with E-state index >= 15 is 0 Å². The van der Waals surface area contributed by atoms with Gasteiger partial charge in [0.05, 0.1) is 5.69 Å². The molecule has 2 aromatic heterocycles. The summed E-state index contributed by atoms with van der Waals surface area (Å²) < 4.78 is 1.37. The third-order valence-electron chi connectivity index (χ3n) is 4.99. The summed E-state index contributed by atoms with van der Waals surface area (Å²) in [5.41, 5.74) is 15.7. The number of imidazole rings is 1. The van der Waals surface area contributed by atoms with E-state index in [4.69, 9.17) is 11.5 Å². The molecule has 0 saturated carbocycles. The van der Waals surface area contributed by atoms with Gasteiger partial charge >= 0.3 is 5.69 Å². The summed E-state index contributed by atoms with van der Waals surface area (Å²) in [7, 11) is 1.62. The lowest BCUT2D eigenvalue weighted by Gasteiger charge is -2.16. The first-order chi connectivity index (χ1) is 12.5. The van der Waals surface area contributed by atoms with Crippen molar-refractivity contribution >= 4 is 17.3 Å². The summed E-state index contributed by atoms with van der Waals surface area (Å²) in [6.45, 7) is 2.14. The molecule has 0 radical (unpaired) electrons. The van der Waals surface area contributed by atoms with Crippen molar-refractivity contribution in [1.29, 1.82) is 0 Å². The first kappa shape index (κ1) is 16.3. The highest BCUT2D eigenvalue weighted by Crippen LogP contribution is 2.32. The molecule has 0 bridgehead atoms. The Labute approximate surface area is 151 Å². The second-order valence-electron chi connectivity index (χ2n) is 6.65. The zero-order valence-electron chi connectivity index (χ0n) is 14.7. The van der Waals surface area contributed by atoms with Crippen molar-refractivity contribution in [2.45, 2.75) is 12.8 Å². The maximum Gasteiger partial charge on any atom is 0.327 e. The minimum atomic E-state index is -0.265. The molecule has 0 atom stereocenters. The maximum atomic E-state index is 11.8. The maximum absolute atomic E-state index is 11.8. The lowest BCUT2D eigenvalue weighted by molar-refractivity contribution is 0.873. The zero-order valence-corrected chi connectivity index (χ0v) is 14.7. The van der Waals surface area contributed by atoms with Gasteiger partial charge in [-0.25, -0.2) is 9.78 Å². The summed E-state index contributed by atoms with van der Waals surface area (Å²) in [4.78, 5) is 21.5. The van der Waals surface area contributed by atoms with E-state index in [-0.39, 0.29) is 5.69 Å². The van der Waals surface area contributed by atoms with Gasteiger partial charge in [-0.05, 0) is 42.7 Å². The standard InChI is InChI=1S/C19H22N6O/c1-24-18(21)17(23-19(24)26)14-10-12(4-6-15(14)20)13-5-7-16(22-11-13)25-8-2-3-9-25/h4-7,10-11H,2-3,8-9,20-21H2,1H3,(H,23,26). The Bertz CT molecular complexity index is 996. The van der Waals surface area contributed by atoms with E-state index in [9.17, 15) is 4.79 Å². The number of anilines is 3. The van der Waals surface area contributed by atoms with Crippen LogP contribution in [-0.4, -0.2) is 27.6 Å². The number of nitrogens with two attached hydrogens (primary N) is 2. The Morgan fingerprint density at radius 2 is 1.81 bits per heavy atom. The number of hydrogen-bond acceptors (Lipinski definition) is 5. The molecule has 0 unspecified atom stereocenters. The number of aromatic amines is 1. The lowest BCUT2D eigenvalue weighted by Crippen LogP contribution is -2.18. The van der Waals surface area contributed by atoms with Crippen LogP contribution in [0.1, 0.15) is 12.8 Å². The molecular formula is C19H22N6O. The number of nitrogen functional groups attached to an aromatic ring is 2. The van der Waals surface area contributed by atoms with Crippen LogP contribution in [0.15, 0.2) is 41.3 Å². The number of aromatic nitrogens is 3. The molecule has 4 rings (SSSR count). The molecule has 3 aromatic rings. The van der Waals surface area contributed by atoms with E-state index in [0.29, 0.717) is 22.8 Å². The number of pyridine rings is 1. The molecule has 7 heteroatoms. The second kappa shape index (κ2) is 6.25. The molecule has 1 aliphatic heterocycles. The van der Waals surface area contributed by atoms with Gasteiger partial charge < -0.3 is 21.4 Å². The molecule has 0 aliphatic carbocycles. The van der Waals surface area contributed by atoms with Crippen molar-refractivity contribution in [3.63, 3.8) is 0 Å². The number of benzene rings is 1. The van der Waals surface area contributed by atoms with Crippen molar-refractivity contribution < 1.29 is 0 Å². The number of hydrogen-bond donors (Lipinski definition) is 3. The van der Waals surface area contributed by atoms with Crippen LogP contribution in [0.2, 0.25) is 0 Å². The zero-order chi connectivity index (χ0) is 18.3. The average molecular weight is 350 g/mol. The fourth-order valence-corrected chi connectivity index (χ4v) is 3.38. The van der Waals surface area contributed by atoms with Gasteiger partial charge in [0, 0.05) is 43.1 Å². The Morgan fingerprint density at radius 1 is 1.08 bits per heavy atom. The van der Waals surface area contributed by atoms with Crippen LogP contribution >= 0.6 is 0 Å². The minimum absolute atomic E-state index is 0.265. The molecule has 1 saturated heterocycles. The molecule has 5 N–H and O–H groups in total. The molecule has 26 heavy (non-hydrogen) atoms. The van der Waals surface area contributed by atoms with Gasteiger partial charge in [-0.15, -0.1) is 0 Å². The van der Waals surface area contributed by atoms with Crippen LogP contribution in [0.25, 0.3) is 22.4 Å². The number of nitrogens with zero attached hydrogens (tertiary/aromatic N) is 3. The Morgan fingerprint density at radius 3 is 2.42 bits per heavy atom. The van der Waals surface area contributed by atoms with E-state index < -0.39 is 0 Å². The molecule has 134 valence electrons. The van der Waals surface area contributed by atoms with Gasteiger partial charge in [0.1, 0.15) is 11.6 Å². The van der Waals surface area contributed by atoms with E-state index in [1.54, 1.807) is 7.05 Å². The molecule has 1 aromatic carbocycles. The summed E-state index contributed by atoms with van der Waals surface area (Å²) in [6, 6.07) is 9.82. The van der Waals surface area contributed by atoms with Gasteiger partial charge in [-0.1, -0.05) is 6.07 Å². The van der Waals surface area contributed by atoms with Crippen molar-refractivity contribution in [2.24, 2.45) is 7.05 Å². The number of nitrogens with one attached hydrogen (secondary N) is 1. The fraction of sp³-hybridized carbons (Fsp3) is 0.263. The topological polar surface area (TPSA) is 106 Å². The summed E-state index contributed by atoms with van der Waals surface area (Å²) >= 11 is 0. The second-order valence-corrected chi connectivity index (χ2v) is 6.65. The minimum Gasteiger partial charge on any atom is -0.398 e. The molecule has 1 aliphatic rings. The molecule has 1 fully saturated rings. The molecule has 3 heterocycles. The molecule has 0 spiro atoms. The predicted molar refractivity (Wildman–Crippen MR) is 105 cm³/mol. The third-order valence-corrected chi connectivity index (χ3v) is 4.99. The number of H-pyrrole nitrogens is 1. The van der Waals surface area contributed by atoms with Crippen LogP contribution < -0.4 is 22.1 Å². The SMILES string of the molecule is Cn1c(N)c(-c2cc(-c3ccc(N4CCCC4)nc3)ccc2N)[nH]c1=O.